The van der Waals surface area contributed by atoms with E-state index >= 15 is 0 Å². The molecule has 1 saturated heterocycles. The van der Waals surface area contributed by atoms with Gasteiger partial charge in [-0.05, 0) is 32.9 Å². The minimum atomic E-state index is -3.57. The molecule has 1 fully saturated rings. The summed E-state index contributed by atoms with van der Waals surface area (Å²) >= 11 is 0. The van der Waals surface area contributed by atoms with Crippen molar-refractivity contribution in [3.63, 3.8) is 0 Å². The van der Waals surface area contributed by atoms with Crippen molar-refractivity contribution in [3.05, 3.63) is 5.69 Å². The molecule has 0 aliphatic carbocycles. The molecule has 0 radical (unpaired) electrons. The van der Waals surface area contributed by atoms with Gasteiger partial charge in [0.1, 0.15) is 4.90 Å². The van der Waals surface area contributed by atoms with Crippen molar-refractivity contribution in [2.75, 3.05) is 39.0 Å². The van der Waals surface area contributed by atoms with Crippen molar-refractivity contribution in [2.45, 2.75) is 24.7 Å². The first-order valence-electron chi connectivity index (χ1n) is 6.82. The largest absolute Gasteiger partial charge is 0.381 e. The van der Waals surface area contributed by atoms with Crippen LogP contribution >= 0.6 is 0 Å². The molecule has 1 aromatic heterocycles. The SMILES string of the molecule is Cc1c(S(=O)(=O)N(C)CCN2CCCC2)c(N)nn1C. The van der Waals surface area contributed by atoms with Gasteiger partial charge in [-0.1, -0.05) is 0 Å². The van der Waals surface area contributed by atoms with Crippen molar-refractivity contribution in [2.24, 2.45) is 7.05 Å². The lowest BCUT2D eigenvalue weighted by Crippen LogP contribution is -2.35. The maximum absolute atomic E-state index is 12.6. The van der Waals surface area contributed by atoms with E-state index < -0.39 is 10.0 Å². The fourth-order valence-corrected chi connectivity index (χ4v) is 3.94. The van der Waals surface area contributed by atoms with Crippen LogP contribution in [0.15, 0.2) is 4.90 Å². The molecule has 0 unspecified atom stereocenters. The monoisotopic (exact) mass is 301 g/mol. The van der Waals surface area contributed by atoms with Crippen LogP contribution in [0.3, 0.4) is 0 Å². The molecule has 0 amide bonds. The van der Waals surface area contributed by atoms with Crippen molar-refractivity contribution in [1.82, 2.24) is 19.0 Å². The highest BCUT2D eigenvalue weighted by molar-refractivity contribution is 7.89. The number of hydrogen-bond acceptors (Lipinski definition) is 5. The number of nitrogens with zero attached hydrogens (tertiary/aromatic N) is 4. The molecule has 1 aromatic rings. The standard InChI is InChI=1S/C12H23N5O2S/c1-10-11(12(13)14-16(10)3)20(18,19)15(2)8-9-17-6-4-5-7-17/h4-9H2,1-3H3,(H2,13,14). The number of hydrogen-bond donors (Lipinski definition) is 1. The first-order valence-corrected chi connectivity index (χ1v) is 8.26. The van der Waals surface area contributed by atoms with Gasteiger partial charge < -0.3 is 10.6 Å². The Morgan fingerprint density at radius 1 is 1.35 bits per heavy atom. The van der Waals surface area contributed by atoms with E-state index in [1.54, 1.807) is 21.0 Å². The normalized spacial score (nSPS) is 17.2. The topological polar surface area (TPSA) is 84.5 Å². The number of sulfonamides is 1. The van der Waals surface area contributed by atoms with Gasteiger partial charge in [-0.15, -0.1) is 0 Å². The molecule has 2 heterocycles. The maximum atomic E-state index is 12.6. The minimum Gasteiger partial charge on any atom is -0.381 e. The van der Waals surface area contributed by atoms with Crippen molar-refractivity contribution >= 4 is 15.8 Å². The van der Waals surface area contributed by atoms with Crippen LogP contribution in [0, 0.1) is 6.92 Å². The van der Waals surface area contributed by atoms with Gasteiger partial charge in [-0.3, -0.25) is 4.68 Å². The molecule has 0 aromatic carbocycles. The summed E-state index contributed by atoms with van der Waals surface area (Å²) in [6.45, 7) is 5.06. The van der Waals surface area contributed by atoms with E-state index in [1.807, 2.05) is 0 Å². The van der Waals surface area contributed by atoms with Gasteiger partial charge in [0.25, 0.3) is 0 Å². The van der Waals surface area contributed by atoms with E-state index in [0.29, 0.717) is 12.2 Å². The molecule has 1 aliphatic heterocycles. The molecule has 114 valence electrons. The summed E-state index contributed by atoms with van der Waals surface area (Å²) in [6.07, 6.45) is 2.40. The van der Waals surface area contributed by atoms with E-state index in [2.05, 4.69) is 10.00 Å². The molecule has 2 rings (SSSR count). The molecular formula is C12H23N5O2S. The zero-order valence-corrected chi connectivity index (χ0v) is 13.2. The lowest BCUT2D eigenvalue weighted by atomic mass is 10.4. The maximum Gasteiger partial charge on any atom is 0.248 e. The third-order valence-corrected chi connectivity index (χ3v) is 5.93. The Morgan fingerprint density at radius 2 is 1.95 bits per heavy atom. The first-order chi connectivity index (χ1) is 9.34. The number of aromatic nitrogens is 2. The summed E-state index contributed by atoms with van der Waals surface area (Å²) in [4.78, 5) is 2.41. The van der Waals surface area contributed by atoms with E-state index in [-0.39, 0.29) is 10.7 Å². The van der Waals surface area contributed by atoms with Crippen LogP contribution in [0.25, 0.3) is 0 Å². The lowest BCUT2D eigenvalue weighted by Gasteiger charge is -2.21. The lowest BCUT2D eigenvalue weighted by molar-refractivity contribution is 0.310. The predicted octanol–water partition coefficient (Wildman–Crippen LogP) is 0.0270. The van der Waals surface area contributed by atoms with Crippen molar-refractivity contribution in [1.29, 1.82) is 0 Å². The number of nitrogens with two attached hydrogens (primary N) is 1. The quantitative estimate of drug-likeness (QED) is 0.829. The average Bonchev–Trinajstić information content (AvgIpc) is 2.96. The Kier molecular flexibility index (Phi) is 4.36. The molecule has 1 aliphatic rings. The number of anilines is 1. The molecular weight excluding hydrogens is 278 g/mol. The smallest absolute Gasteiger partial charge is 0.248 e. The highest BCUT2D eigenvalue weighted by atomic mass is 32.2. The van der Waals surface area contributed by atoms with Gasteiger partial charge in [0.05, 0.1) is 5.69 Å². The number of nitrogen functional groups attached to an aromatic ring is 1. The fraction of sp³-hybridized carbons (Fsp3) is 0.750. The fourth-order valence-electron chi connectivity index (χ4n) is 2.50. The second-order valence-corrected chi connectivity index (χ2v) is 7.28. The van der Waals surface area contributed by atoms with Gasteiger partial charge in [0, 0.05) is 27.2 Å². The Bertz CT molecular complexity index is 575. The van der Waals surface area contributed by atoms with Crippen LogP contribution in [0.4, 0.5) is 5.82 Å². The van der Waals surface area contributed by atoms with E-state index in [0.717, 1.165) is 19.6 Å². The molecule has 0 spiro atoms. The molecule has 8 heteroatoms. The van der Waals surface area contributed by atoms with E-state index in [1.165, 1.54) is 21.8 Å². The van der Waals surface area contributed by atoms with Gasteiger partial charge in [0.15, 0.2) is 5.82 Å². The number of likely N-dealkylation sites (N-methyl/N-ethyl adjacent to an activating group) is 1. The number of rotatable bonds is 5. The van der Waals surface area contributed by atoms with Gasteiger partial charge in [-0.2, -0.15) is 9.40 Å². The Labute approximate surface area is 120 Å². The van der Waals surface area contributed by atoms with Gasteiger partial charge >= 0.3 is 0 Å². The van der Waals surface area contributed by atoms with Gasteiger partial charge in [0.2, 0.25) is 10.0 Å². The highest BCUT2D eigenvalue weighted by Crippen LogP contribution is 2.24. The van der Waals surface area contributed by atoms with Crippen LogP contribution in [-0.2, 0) is 17.1 Å². The molecule has 0 saturated carbocycles. The van der Waals surface area contributed by atoms with Crippen molar-refractivity contribution < 1.29 is 8.42 Å². The van der Waals surface area contributed by atoms with Crippen LogP contribution < -0.4 is 5.73 Å². The van der Waals surface area contributed by atoms with E-state index in [9.17, 15) is 8.42 Å². The predicted molar refractivity (Wildman–Crippen MR) is 77.8 cm³/mol. The Balaban J connectivity index is 2.12. The zero-order valence-electron chi connectivity index (χ0n) is 12.3. The molecule has 0 atom stereocenters. The highest BCUT2D eigenvalue weighted by Gasteiger charge is 2.29. The summed E-state index contributed by atoms with van der Waals surface area (Å²) in [5, 5.41) is 3.98. The van der Waals surface area contributed by atoms with Crippen molar-refractivity contribution in [3.8, 4) is 0 Å². The molecule has 0 bridgehead atoms. The molecule has 20 heavy (non-hydrogen) atoms. The van der Waals surface area contributed by atoms with Crippen LogP contribution in [-0.4, -0.2) is 60.6 Å². The van der Waals surface area contributed by atoms with Crippen LogP contribution in [0.5, 0.6) is 0 Å². The van der Waals surface area contributed by atoms with Gasteiger partial charge in [-0.25, -0.2) is 8.42 Å². The third-order valence-electron chi connectivity index (χ3n) is 3.90. The molecule has 7 nitrogen and oxygen atoms in total. The number of likely N-dealkylation sites (tertiary alicyclic amines) is 1. The summed E-state index contributed by atoms with van der Waals surface area (Å²) in [5.74, 6) is 0.0676. The summed E-state index contributed by atoms with van der Waals surface area (Å²) in [6, 6.07) is 0. The second kappa shape index (κ2) is 5.71. The zero-order chi connectivity index (χ0) is 14.9. The van der Waals surface area contributed by atoms with Crippen LogP contribution in [0.1, 0.15) is 18.5 Å². The summed E-state index contributed by atoms with van der Waals surface area (Å²) in [7, 11) is -0.289. The number of aryl methyl sites for hydroxylation is 1. The van der Waals surface area contributed by atoms with E-state index in [4.69, 9.17) is 5.73 Å². The average molecular weight is 301 g/mol. The Hall–Kier alpha value is -1.12. The first kappa shape index (κ1) is 15.3. The van der Waals surface area contributed by atoms with Crippen LogP contribution in [0.2, 0.25) is 0 Å². The third kappa shape index (κ3) is 2.82. The Morgan fingerprint density at radius 3 is 2.45 bits per heavy atom. The minimum absolute atomic E-state index is 0.0676. The molecule has 2 N–H and O–H groups in total. The summed E-state index contributed by atoms with van der Waals surface area (Å²) in [5.41, 5.74) is 6.30. The summed E-state index contributed by atoms with van der Waals surface area (Å²) < 4.78 is 28.0. The second-order valence-electron chi connectivity index (χ2n) is 5.30.